The van der Waals surface area contributed by atoms with Gasteiger partial charge >= 0.3 is 6.18 Å². The van der Waals surface area contributed by atoms with E-state index in [-0.39, 0.29) is 11.4 Å². The number of rotatable bonds is 5. The van der Waals surface area contributed by atoms with Crippen LogP contribution in [0.2, 0.25) is 0 Å². The molecule has 0 saturated heterocycles. The van der Waals surface area contributed by atoms with Crippen LogP contribution in [0.3, 0.4) is 0 Å². The van der Waals surface area contributed by atoms with Crippen LogP contribution in [0.5, 0.6) is 0 Å². The molecule has 0 unspecified atom stereocenters. The minimum absolute atomic E-state index is 0.000679. The molecular weight excluding hydrogens is 417 g/mol. The summed E-state index contributed by atoms with van der Waals surface area (Å²) in [6.07, 6.45) is -1.05. The molecule has 0 atom stereocenters. The number of nitrogens with two attached hydrogens (primary N) is 1. The van der Waals surface area contributed by atoms with Gasteiger partial charge in [-0.1, -0.05) is 12.1 Å². The molecule has 1 heterocycles. The molecule has 0 aliphatic carbocycles. The fourth-order valence-electron chi connectivity index (χ4n) is 3.27. The number of hydrogen-bond donors (Lipinski definition) is 2. The van der Waals surface area contributed by atoms with Crippen LogP contribution in [0.4, 0.5) is 18.9 Å². The Bertz CT molecular complexity index is 1180. The van der Waals surface area contributed by atoms with Crippen LogP contribution in [0.1, 0.15) is 22.3 Å². The highest BCUT2D eigenvalue weighted by atomic mass is 32.2. The van der Waals surface area contributed by atoms with Crippen molar-refractivity contribution >= 4 is 15.7 Å². The van der Waals surface area contributed by atoms with E-state index < -0.39 is 21.8 Å². The van der Waals surface area contributed by atoms with E-state index in [0.717, 1.165) is 12.1 Å². The SMILES string of the molecule is Cc1cc(S(N)(=O)=O)c(C)c(-c2cn(C)cn2)c1NCc1ccc(C(F)(F)F)cc1. The van der Waals surface area contributed by atoms with Crippen molar-refractivity contribution in [1.82, 2.24) is 9.55 Å². The summed E-state index contributed by atoms with van der Waals surface area (Å²) in [5.74, 6) is 0. The Hall–Kier alpha value is -2.85. The summed E-state index contributed by atoms with van der Waals surface area (Å²) in [6, 6.07) is 6.33. The van der Waals surface area contributed by atoms with E-state index >= 15 is 0 Å². The Morgan fingerprint density at radius 3 is 2.30 bits per heavy atom. The van der Waals surface area contributed by atoms with Gasteiger partial charge in [-0.25, -0.2) is 18.5 Å². The van der Waals surface area contributed by atoms with E-state index in [1.54, 1.807) is 38.0 Å². The number of sulfonamides is 1. The highest BCUT2D eigenvalue weighted by molar-refractivity contribution is 7.89. The number of halogens is 3. The van der Waals surface area contributed by atoms with Gasteiger partial charge in [-0.2, -0.15) is 13.2 Å². The molecule has 0 aliphatic heterocycles. The molecule has 0 amide bonds. The second-order valence-corrected chi connectivity index (χ2v) is 8.61. The van der Waals surface area contributed by atoms with E-state index in [2.05, 4.69) is 10.3 Å². The van der Waals surface area contributed by atoms with Gasteiger partial charge in [0.15, 0.2) is 0 Å². The molecule has 0 bridgehead atoms. The van der Waals surface area contributed by atoms with Crippen molar-refractivity contribution in [2.75, 3.05) is 5.32 Å². The van der Waals surface area contributed by atoms with Crippen molar-refractivity contribution in [1.29, 1.82) is 0 Å². The minimum atomic E-state index is -4.39. The second kappa shape index (κ2) is 7.77. The zero-order valence-electron chi connectivity index (χ0n) is 16.6. The maximum Gasteiger partial charge on any atom is 0.416 e. The first-order valence-electron chi connectivity index (χ1n) is 8.93. The van der Waals surface area contributed by atoms with Gasteiger partial charge in [0.05, 0.1) is 22.5 Å². The van der Waals surface area contributed by atoms with Gasteiger partial charge in [-0.3, -0.25) is 0 Å². The molecule has 2 aromatic carbocycles. The summed E-state index contributed by atoms with van der Waals surface area (Å²) in [4.78, 5) is 4.33. The molecule has 1 aromatic heterocycles. The van der Waals surface area contributed by atoms with E-state index in [0.29, 0.717) is 33.6 Å². The third-order valence-electron chi connectivity index (χ3n) is 4.75. The number of anilines is 1. The number of primary sulfonamides is 1. The zero-order valence-corrected chi connectivity index (χ0v) is 17.4. The largest absolute Gasteiger partial charge is 0.416 e. The lowest BCUT2D eigenvalue weighted by Crippen LogP contribution is -2.16. The second-order valence-electron chi connectivity index (χ2n) is 7.08. The van der Waals surface area contributed by atoms with Crippen LogP contribution in [-0.2, 0) is 29.8 Å². The highest BCUT2D eigenvalue weighted by Gasteiger charge is 2.30. The number of nitrogens with zero attached hydrogens (tertiary/aromatic N) is 2. The molecule has 10 heteroatoms. The number of hydrogen-bond acceptors (Lipinski definition) is 4. The number of alkyl halides is 3. The lowest BCUT2D eigenvalue weighted by molar-refractivity contribution is -0.137. The summed E-state index contributed by atoms with van der Waals surface area (Å²) in [5.41, 5.74) is 2.75. The summed E-state index contributed by atoms with van der Waals surface area (Å²) in [6.45, 7) is 3.62. The number of benzene rings is 2. The van der Waals surface area contributed by atoms with Gasteiger partial charge in [0.25, 0.3) is 0 Å². The smallest absolute Gasteiger partial charge is 0.380 e. The first kappa shape index (κ1) is 21.8. The van der Waals surface area contributed by atoms with Crippen molar-refractivity contribution in [2.45, 2.75) is 31.5 Å². The Balaban J connectivity index is 2.03. The quantitative estimate of drug-likeness (QED) is 0.631. The molecule has 3 aromatic rings. The van der Waals surface area contributed by atoms with Crippen molar-refractivity contribution in [3.63, 3.8) is 0 Å². The molecule has 6 nitrogen and oxygen atoms in total. The van der Waals surface area contributed by atoms with Crippen molar-refractivity contribution < 1.29 is 21.6 Å². The fraction of sp³-hybridized carbons (Fsp3) is 0.250. The first-order chi connectivity index (χ1) is 13.9. The van der Waals surface area contributed by atoms with Gasteiger partial charge < -0.3 is 9.88 Å². The van der Waals surface area contributed by atoms with Crippen LogP contribution >= 0.6 is 0 Å². The topological polar surface area (TPSA) is 90.0 Å². The molecule has 0 radical (unpaired) electrons. The predicted octanol–water partition coefficient (Wildman–Crippen LogP) is 3.98. The first-order valence-corrected chi connectivity index (χ1v) is 10.5. The predicted molar refractivity (Wildman–Crippen MR) is 108 cm³/mol. The zero-order chi connectivity index (χ0) is 22.3. The van der Waals surface area contributed by atoms with Crippen LogP contribution in [0.25, 0.3) is 11.3 Å². The van der Waals surface area contributed by atoms with E-state index in [4.69, 9.17) is 5.14 Å². The van der Waals surface area contributed by atoms with Crippen LogP contribution < -0.4 is 10.5 Å². The Morgan fingerprint density at radius 2 is 1.80 bits per heavy atom. The number of aromatic nitrogens is 2. The molecule has 160 valence electrons. The van der Waals surface area contributed by atoms with Crippen molar-refractivity contribution in [3.05, 3.63) is 65.1 Å². The monoisotopic (exact) mass is 438 g/mol. The Morgan fingerprint density at radius 1 is 1.17 bits per heavy atom. The normalized spacial score (nSPS) is 12.2. The summed E-state index contributed by atoms with van der Waals surface area (Å²) < 4.78 is 64.1. The average molecular weight is 438 g/mol. The molecule has 30 heavy (non-hydrogen) atoms. The molecule has 0 spiro atoms. The third-order valence-corrected chi connectivity index (χ3v) is 5.79. The van der Waals surface area contributed by atoms with Gasteiger partial charge in [-0.05, 0) is 48.7 Å². The van der Waals surface area contributed by atoms with Gasteiger partial charge in [0.1, 0.15) is 0 Å². The minimum Gasteiger partial charge on any atom is -0.380 e. The van der Waals surface area contributed by atoms with E-state index in [9.17, 15) is 21.6 Å². The molecular formula is C20H21F3N4O2S. The molecule has 3 N–H and O–H groups in total. The van der Waals surface area contributed by atoms with E-state index in [1.165, 1.54) is 18.2 Å². The molecule has 3 rings (SSSR count). The molecule has 0 saturated carbocycles. The summed E-state index contributed by atoms with van der Waals surface area (Å²) >= 11 is 0. The fourth-order valence-corrected chi connectivity index (χ4v) is 4.14. The van der Waals surface area contributed by atoms with Crippen molar-refractivity contribution in [2.24, 2.45) is 12.2 Å². The lowest BCUT2D eigenvalue weighted by Gasteiger charge is -2.19. The standard InChI is InChI=1S/C20H21F3N4O2S/c1-12-8-17(30(24,28)29)13(2)18(16-10-27(3)11-26-16)19(12)25-9-14-4-6-15(7-5-14)20(21,22)23/h4-8,10-11,25H,9H2,1-3H3,(H2,24,28,29). The summed E-state index contributed by atoms with van der Waals surface area (Å²) in [7, 11) is -2.16. The van der Waals surface area contributed by atoms with Crippen molar-refractivity contribution in [3.8, 4) is 11.3 Å². The number of imidazole rings is 1. The lowest BCUT2D eigenvalue weighted by atomic mass is 9.99. The van der Waals surface area contributed by atoms with Gasteiger partial charge in [0, 0.05) is 31.0 Å². The van der Waals surface area contributed by atoms with Crippen LogP contribution in [-0.4, -0.2) is 18.0 Å². The average Bonchev–Trinajstić information content (AvgIpc) is 3.06. The summed E-state index contributed by atoms with van der Waals surface area (Å²) in [5, 5.41) is 8.59. The third kappa shape index (κ3) is 4.49. The molecule has 0 fully saturated rings. The Kier molecular flexibility index (Phi) is 5.66. The molecule has 0 aliphatic rings. The highest BCUT2D eigenvalue weighted by Crippen LogP contribution is 2.37. The maximum absolute atomic E-state index is 12.8. The van der Waals surface area contributed by atoms with Gasteiger partial charge in [0.2, 0.25) is 10.0 Å². The van der Waals surface area contributed by atoms with E-state index in [1.807, 2.05) is 0 Å². The van der Waals surface area contributed by atoms with Gasteiger partial charge in [-0.15, -0.1) is 0 Å². The Labute approximate surface area is 172 Å². The van der Waals surface area contributed by atoms with Crippen LogP contribution in [0.15, 0.2) is 47.8 Å². The number of aryl methyl sites for hydroxylation is 2. The van der Waals surface area contributed by atoms with Crippen LogP contribution in [0, 0.1) is 13.8 Å². The maximum atomic E-state index is 12.8. The number of nitrogens with one attached hydrogen (secondary N) is 1.